The number of aromatic nitrogens is 2. The minimum atomic E-state index is -0.252. The lowest BCUT2D eigenvalue weighted by atomic mass is 10.1. The van der Waals surface area contributed by atoms with E-state index < -0.39 is 0 Å². The highest BCUT2D eigenvalue weighted by Crippen LogP contribution is 2.17. The highest BCUT2D eigenvalue weighted by molar-refractivity contribution is 6.05. The van der Waals surface area contributed by atoms with Gasteiger partial charge in [0, 0.05) is 11.3 Å². The van der Waals surface area contributed by atoms with Crippen molar-refractivity contribution in [3.63, 3.8) is 0 Å². The number of rotatable bonds is 3. The molecule has 0 fully saturated rings. The number of nitrogens with one attached hydrogen (secondary N) is 1. The summed E-state index contributed by atoms with van der Waals surface area (Å²) in [6, 6.07) is 18.2. The molecule has 24 heavy (non-hydrogen) atoms. The molecular weight excluding hydrogens is 300 g/mol. The number of hydrogen-bond acceptors (Lipinski definition) is 3. The third-order valence-electron chi connectivity index (χ3n) is 3.68. The second-order valence-electron chi connectivity index (χ2n) is 5.50. The molecule has 0 aliphatic heterocycles. The first-order valence-electron chi connectivity index (χ1n) is 7.52. The Morgan fingerprint density at radius 2 is 1.83 bits per heavy atom. The summed E-state index contributed by atoms with van der Waals surface area (Å²) in [5.74, 6) is -0.252. The topological polar surface area (TPSA) is 70.7 Å². The van der Waals surface area contributed by atoms with E-state index >= 15 is 0 Å². The molecule has 0 spiro atoms. The van der Waals surface area contributed by atoms with Crippen LogP contribution >= 0.6 is 0 Å². The molecule has 1 N–H and O–H groups in total. The maximum absolute atomic E-state index is 12.4. The van der Waals surface area contributed by atoms with Crippen molar-refractivity contribution < 1.29 is 4.79 Å². The third kappa shape index (κ3) is 3.03. The van der Waals surface area contributed by atoms with Crippen LogP contribution in [0.1, 0.15) is 27.3 Å². The van der Waals surface area contributed by atoms with Gasteiger partial charge in [0.15, 0.2) is 0 Å². The van der Waals surface area contributed by atoms with Gasteiger partial charge < -0.3 is 5.32 Å². The molecule has 1 amide bonds. The van der Waals surface area contributed by atoms with E-state index in [0.717, 1.165) is 17.1 Å². The molecule has 5 heteroatoms. The fourth-order valence-corrected chi connectivity index (χ4v) is 2.53. The van der Waals surface area contributed by atoms with Gasteiger partial charge in [-0.2, -0.15) is 10.4 Å². The smallest absolute Gasteiger partial charge is 0.255 e. The van der Waals surface area contributed by atoms with Crippen molar-refractivity contribution in [1.82, 2.24) is 9.78 Å². The molecule has 0 saturated carbocycles. The van der Waals surface area contributed by atoms with Gasteiger partial charge in [-0.3, -0.25) is 4.79 Å². The van der Waals surface area contributed by atoms with Crippen LogP contribution in [0, 0.1) is 25.2 Å². The lowest BCUT2D eigenvalue weighted by molar-refractivity contribution is 0.102. The molecule has 2 aromatic carbocycles. The highest BCUT2D eigenvalue weighted by Gasteiger charge is 2.10. The van der Waals surface area contributed by atoms with Crippen molar-refractivity contribution in [2.45, 2.75) is 13.8 Å². The molecular formula is C19H16N4O. The Morgan fingerprint density at radius 1 is 1.12 bits per heavy atom. The van der Waals surface area contributed by atoms with Crippen LogP contribution in [-0.4, -0.2) is 15.7 Å². The van der Waals surface area contributed by atoms with Crippen molar-refractivity contribution in [3.05, 3.63) is 77.1 Å². The van der Waals surface area contributed by atoms with Crippen LogP contribution in [0.4, 0.5) is 5.69 Å². The average Bonchev–Trinajstić information content (AvgIpc) is 2.94. The quantitative estimate of drug-likeness (QED) is 0.802. The Hall–Kier alpha value is -3.39. The normalized spacial score (nSPS) is 10.2. The molecule has 0 bridgehead atoms. The predicted molar refractivity (Wildman–Crippen MR) is 92.1 cm³/mol. The molecule has 3 rings (SSSR count). The summed E-state index contributed by atoms with van der Waals surface area (Å²) in [5.41, 5.74) is 4.34. The zero-order valence-electron chi connectivity index (χ0n) is 13.4. The van der Waals surface area contributed by atoms with E-state index in [4.69, 9.17) is 5.26 Å². The molecule has 118 valence electrons. The Balaban J connectivity index is 1.82. The number of carbonyl (C=O) groups excluding carboxylic acids is 1. The summed E-state index contributed by atoms with van der Waals surface area (Å²) in [6.07, 6.45) is 0. The summed E-state index contributed by atoms with van der Waals surface area (Å²) in [6.45, 7) is 3.93. The number of benzene rings is 2. The average molecular weight is 316 g/mol. The lowest BCUT2D eigenvalue weighted by Crippen LogP contribution is -2.13. The Morgan fingerprint density at radius 3 is 2.46 bits per heavy atom. The van der Waals surface area contributed by atoms with E-state index in [9.17, 15) is 4.79 Å². The van der Waals surface area contributed by atoms with Crippen LogP contribution in [0.2, 0.25) is 0 Å². The fourth-order valence-electron chi connectivity index (χ4n) is 2.53. The lowest BCUT2D eigenvalue weighted by Gasteiger charge is -2.08. The molecule has 3 aromatic rings. The molecule has 0 unspecified atom stereocenters. The van der Waals surface area contributed by atoms with Gasteiger partial charge in [0.05, 0.1) is 22.6 Å². The van der Waals surface area contributed by atoms with Crippen molar-refractivity contribution in [3.8, 4) is 11.8 Å². The van der Waals surface area contributed by atoms with Gasteiger partial charge in [-0.1, -0.05) is 12.1 Å². The Bertz CT molecular complexity index is 933. The third-order valence-corrected chi connectivity index (χ3v) is 3.68. The van der Waals surface area contributed by atoms with Gasteiger partial charge in [-0.25, -0.2) is 4.68 Å². The second-order valence-corrected chi connectivity index (χ2v) is 5.50. The number of nitrogens with zero attached hydrogens (tertiary/aromatic N) is 3. The van der Waals surface area contributed by atoms with Crippen LogP contribution in [0.15, 0.2) is 54.6 Å². The maximum Gasteiger partial charge on any atom is 0.255 e. The zero-order valence-corrected chi connectivity index (χ0v) is 13.4. The van der Waals surface area contributed by atoms with Crippen molar-refractivity contribution in [2.24, 2.45) is 0 Å². The van der Waals surface area contributed by atoms with E-state index in [1.54, 1.807) is 36.4 Å². The van der Waals surface area contributed by atoms with Crippen molar-refractivity contribution in [1.29, 1.82) is 5.26 Å². The monoisotopic (exact) mass is 316 g/mol. The van der Waals surface area contributed by atoms with E-state index in [2.05, 4.69) is 16.5 Å². The summed E-state index contributed by atoms with van der Waals surface area (Å²) < 4.78 is 1.84. The maximum atomic E-state index is 12.4. The number of nitriles is 1. The molecule has 1 aromatic heterocycles. The second kappa shape index (κ2) is 6.39. The molecule has 0 saturated heterocycles. The summed E-state index contributed by atoms with van der Waals surface area (Å²) >= 11 is 0. The van der Waals surface area contributed by atoms with E-state index in [1.807, 2.05) is 36.7 Å². The fraction of sp³-hybridized carbons (Fsp3) is 0.105. The molecule has 0 radical (unpaired) electrons. The van der Waals surface area contributed by atoms with Crippen LogP contribution in [-0.2, 0) is 0 Å². The van der Waals surface area contributed by atoms with E-state index in [-0.39, 0.29) is 5.91 Å². The number of carbonyl (C=O) groups is 1. The van der Waals surface area contributed by atoms with Crippen molar-refractivity contribution in [2.75, 3.05) is 5.32 Å². The Kier molecular flexibility index (Phi) is 4.13. The molecule has 0 aliphatic rings. The van der Waals surface area contributed by atoms with Gasteiger partial charge >= 0.3 is 0 Å². The van der Waals surface area contributed by atoms with Gasteiger partial charge in [-0.05, 0) is 56.3 Å². The first kappa shape index (κ1) is 15.5. The standard InChI is InChI=1S/C19H16N4O/c1-13-11-14(2)23(22-13)17-9-7-15(8-10-17)19(24)21-18-6-4-3-5-16(18)12-20/h3-11H,1-2H3,(H,21,24). The minimum absolute atomic E-state index is 0.252. The van der Waals surface area contributed by atoms with Gasteiger partial charge in [0.1, 0.15) is 6.07 Å². The number of anilines is 1. The van der Waals surface area contributed by atoms with Gasteiger partial charge in [-0.15, -0.1) is 0 Å². The van der Waals surface area contributed by atoms with E-state index in [1.165, 1.54) is 0 Å². The van der Waals surface area contributed by atoms with Crippen molar-refractivity contribution >= 4 is 11.6 Å². The van der Waals surface area contributed by atoms with Crippen LogP contribution in [0.25, 0.3) is 5.69 Å². The number of aryl methyl sites for hydroxylation is 2. The summed E-state index contributed by atoms with van der Waals surface area (Å²) in [5, 5.41) is 16.3. The summed E-state index contributed by atoms with van der Waals surface area (Å²) in [7, 11) is 0. The molecule has 0 aliphatic carbocycles. The highest BCUT2D eigenvalue weighted by atomic mass is 16.1. The number of amides is 1. The minimum Gasteiger partial charge on any atom is -0.321 e. The zero-order chi connectivity index (χ0) is 17.1. The van der Waals surface area contributed by atoms with Crippen LogP contribution in [0.5, 0.6) is 0 Å². The van der Waals surface area contributed by atoms with Crippen LogP contribution in [0.3, 0.4) is 0 Å². The molecule has 1 heterocycles. The predicted octanol–water partition coefficient (Wildman–Crippen LogP) is 3.61. The Labute approximate surface area is 140 Å². The first-order chi connectivity index (χ1) is 11.6. The largest absolute Gasteiger partial charge is 0.321 e. The van der Waals surface area contributed by atoms with Gasteiger partial charge in [0.2, 0.25) is 0 Å². The van der Waals surface area contributed by atoms with Gasteiger partial charge in [0.25, 0.3) is 5.91 Å². The summed E-state index contributed by atoms with van der Waals surface area (Å²) in [4.78, 5) is 12.4. The molecule has 0 atom stereocenters. The number of para-hydroxylation sites is 1. The van der Waals surface area contributed by atoms with E-state index in [0.29, 0.717) is 16.8 Å². The first-order valence-corrected chi connectivity index (χ1v) is 7.52. The van der Waals surface area contributed by atoms with Crippen LogP contribution < -0.4 is 5.32 Å². The SMILES string of the molecule is Cc1cc(C)n(-c2ccc(C(=O)Nc3ccccc3C#N)cc2)n1. The molecule has 5 nitrogen and oxygen atoms in total. The number of hydrogen-bond donors (Lipinski definition) is 1.